The van der Waals surface area contributed by atoms with Crippen LogP contribution in [0, 0.1) is 0 Å². The molecule has 1 atom stereocenters. The van der Waals surface area contributed by atoms with Gasteiger partial charge in [-0.1, -0.05) is 67.8 Å². The summed E-state index contributed by atoms with van der Waals surface area (Å²) < 4.78 is 0. The Balaban J connectivity index is 1.38. The zero-order valence-corrected chi connectivity index (χ0v) is 23.1. The van der Waals surface area contributed by atoms with Crippen molar-refractivity contribution in [2.24, 2.45) is 0 Å². The molecule has 2 aromatic carbocycles. The summed E-state index contributed by atoms with van der Waals surface area (Å²) in [7, 11) is 0. The number of rotatable bonds is 14. The number of aromatic nitrogens is 1. The lowest BCUT2D eigenvalue weighted by Gasteiger charge is -2.27. The van der Waals surface area contributed by atoms with Crippen molar-refractivity contribution in [2.45, 2.75) is 70.8 Å². The maximum atomic E-state index is 13.3. The number of para-hydroxylation sites is 1. The van der Waals surface area contributed by atoms with Crippen molar-refractivity contribution in [3.63, 3.8) is 0 Å². The molecule has 0 unspecified atom stereocenters. The van der Waals surface area contributed by atoms with Gasteiger partial charge in [-0.25, -0.2) is 0 Å². The number of carbonyl (C=O) groups is 3. The molecular formula is C32H42N4O3. The van der Waals surface area contributed by atoms with Crippen molar-refractivity contribution in [3.05, 3.63) is 60.2 Å². The first kappa shape index (κ1) is 28.6. The minimum atomic E-state index is -0.573. The number of piperidine rings is 1. The fraction of sp³-hybridized carbons (Fsp3) is 0.469. The number of Topliss-reactive ketones (excluding diaryl/α,β-unsaturated/α-hetero) is 1. The van der Waals surface area contributed by atoms with Gasteiger partial charge in [0.15, 0.2) is 0 Å². The number of unbranched alkanes of at least 4 members (excludes halogenated alkanes) is 2. The molecule has 1 aromatic heterocycles. The Morgan fingerprint density at radius 3 is 2.44 bits per heavy atom. The van der Waals surface area contributed by atoms with Gasteiger partial charge in [0.05, 0.1) is 6.54 Å². The molecule has 3 aromatic rings. The first-order valence-corrected chi connectivity index (χ1v) is 14.4. The van der Waals surface area contributed by atoms with Crippen LogP contribution in [0.25, 0.3) is 22.2 Å². The van der Waals surface area contributed by atoms with Gasteiger partial charge >= 0.3 is 0 Å². The number of ketones is 1. The number of H-pyrrole nitrogens is 1. The first-order chi connectivity index (χ1) is 19.0. The van der Waals surface area contributed by atoms with Gasteiger partial charge in [-0.05, 0) is 69.3 Å². The van der Waals surface area contributed by atoms with Gasteiger partial charge in [0.2, 0.25) is 11.8 Å². The van der Waals surface area contributed by atoms with Crippen LogP contribution in [0.3, 0.4) is 0 Å². The van der Waals surface area contributed by atoms with Crippen LogP contribution in [0.15, 0.2) is 54.6 Å². The van der Waals surface area contributed by atoms with Gasteiger partial charge in [-0.15, -0.1) is 0 Å². The summed E-state index contributed by atoms with van der Waals surface area (Å²) in [5.41, 5.74) is 4.43. The summed E-state index contributed by atoms with van der Waals surface area (Å²) in [4.78, 5) is 43.1. The van der Waals surface area contributed by atoms with Gasteiger partial charge in [0, 0.05) is 29.6 Å². The number of likely N-dealkylation sites (tertiary alicyclic amines) is 1. The molecule has 7 heteroatoms. The maximum Gasteiger partial charge on any atom is 0.242 e. The summed E-state index contributed by atoms with van der Waals surface area (Å²) in [6.07, 6.45) is 7.72. The number of carbonyl (C=O) groups excluding carboxylic acids is 3. The van der Waals surface area contributed by atoms with Crippen LogP contribution >= 0.6 is 0 Å². The van der Waals surface area contributed by atoms with Gasteiger partial charge < -0.3 is 20.4 Å². The standard InChI is InChI=1S/C32H42N4O3/c1-24(37)13-5-2-8-18-29(34-30(38)23-36-21-11-4-12-22-36)32(39)33-20-19-27-26-16-9-10-17-28(26)35-31(27)25-14-6-3-7-15-25/h3,6-7,9-10,14-17,29,35H,2,4-5,8,11-13,18-23H2,1H3,(H,33,39)(H,34,38)/t29-/m0/s1. The van der Waals surface area contributed by atoms with Crippen LogP contribution in [-0.2, 0) is 20.8 Å². The molecule has 3 N–H and O–H groups in total. The largest absolute Gasteiger partial charge is 0.354 e. The molecule has 4 rings (SSSR count). The number of aromatic amines is 1. The third-order valence-corrected chi connectivity index (χ3v) is 7.54. The minimum absolute atomic E-state index is 0.0937. The second-order valence-corrected chi connectivity index (χ2v) is 10.7. The fourth-order valence-corrected chi connectivity index (χ4v) is 5.47. The van der Waals surface area contributed by atoms with E-state index in [0.717, 1.165) is 67.4 Å². The van der Waals surface area contributed by atoms with E-state index in [1.165, 1.54) is 12.0 Å². The topological polar surface area (TPSA) is 94.3 Å². The molecule has 0 saturated carbocycles. The molecule has 39 heavy (non-hydrogen) atoms. The van der Waals surface area contributed by atoms with E-state index >= 15 is 0 Å². The molecule has 1 fully saturated rings. The second kappa shape index (κ2) is 14.6. The maximum absolute atomic E-state index is 13.3. The van der Waals surface area contributed by atoms with E-state index in [1.54, 1.807) is 6.92 Å². The van der Waals surface area contributed by atoms with Crippen LogP contribution in [0.5, 0.6) is 0 Å². The monoisotopic (exact) mass is 530 g/mol. The number of hydrogen-bond acceptors (Lipinski definition) is 4. The predicted molar refractivity (Wildman–Crippen MR) is 156 cm³/mol. The van der Waals surface area contributed by atoms with Crippen molar-refractivity contribution >= 4 is 28.5 Å². The van der Waals surface area contributed by atoms with E-state index in [4.69, 9.17) is 0 Å². The summed E-state index contributed by atoms with van der Waals surface area (Å²) in [6, 6.07) is 17.9. The first-order valence-electron chi connectivity index (χ1n) is 14.4. The van der Waals surface area contributed by atoms with Gasteiger partial charge in [-0.2, -0.15) is 0 Å². The molecule has 2 heterocycles. The molecule has 0 bridgehead atoms. The molecule has 2 amide bonds. The fourth-order valence-electron chi connectivity index (χ4n) is 5.47. The van der Waals surface area contributed by atoms with E-state index in [0.29, 0.717) is 32.4 Å². The molecule has 0 aliphatic carbocycles. The van der Waals surface area contributed by atoms with E-state index in [-0.39, 0.29) is 17.6 Å². The van der Waals surface area contributed by atoms with Crippen LogP contribution in [-0.4, -0.2) is 59.7 Å². The Morgan fingerprint density at radius 1 is 0.923 bits per heavy atom. The van der Waals surface area contributed by atoms with Crippen LogP contribution in [0.1, 0.15) is 63.9 Å². The number of amides is 2. The molecule has 0 spiro atoms. The second-order valence-electron chi connectivity index (χ2n) is 10.7. The zero-order chi connectivity index (χ0) is 27.5. The third-order valence-electron chi connectivity index (χ3n) is 7.54. The highest BCUT2D eigenvalue weighted by Gasteiger charge is 2.22. The Kier molecular flexibility index (Phi) is 10.7. The Hall–Kier alpha value is -3.45. The van der Waals surface area contributed by atoms with Gasteiger partial charge in [-0.3, -0.25) is 14.5 Å². The highest BCUT2D eigenvalue weighted by atomic mass is 16.2. The quantitative estimate of drug-likeness (QED) is 0.256. The molecule has 1 aliphatic rings. The lowest BCUT2D eigenvalue weighted by molar-refractivity contribution is -0.129. The van der Waals surface area contributed by atoms with E-state index in [9.17, 15) is 14.4 Å². The van der Waals surface area contributed by atoms with E-state index in [1.807, 2.05) is 30.3 Å². The summed E-state index contributed by atoms with van der Waals surface area (Å²) in [5.74, 6) is -0.0512. The van der Waals surface area contributed by atoms with Crippen molar-refractivity contribution in [2.75, 3.05) is 26.2 Å². The molecule has 1 aliphatic heterocycles. The summed E-state index contributed by atoms with van der Waals surface area (Å²) in [6.45, 7) is 4.29. The Labute approximate surface area is 231 Å². The Bertz CT molecular complexity index is 1230. The average Bonchev–Trinajstić information content (AvgIpc) is 3.31. The predicted octanol–water partition coefficient (Wildman–Crippen LogP) is 5.00. The molecule has 7 nitrogen and oxygen atoms in total. The summed E-state index contributed by atoms with van der Waals surface area (Å²) >= 11 is 0. The molecule has 208 valence electrons. The van der Waals surface area contributed by atoms with E-state index < -0.39 is 6.04 Å². The number of hydrogen-bond donors (Lipinski definition) is 3. The number of fused-ring (bicyclic) bond motifs is 1. The molecular weight excluding hydrogens is 488 g/mol. The highest BCUT2D eigenvalue weighted by molar-refractivity contribution is 5.91. The van der Waals surface area contributed by atoms with Crippen molar-refractivity contribution < 1.29 is 14.4 Å². The van der Waals surface area contributed by atoms with Crippen LogP contribution in [0.4, 0.5) is 0 Å². The smallest absolute Gasteiger partial charge is 0.242 e. The average molecular weight is 531 g/mol. The zero-order valence-electron chi connectivity index (χ0n) is 23.1. The van der Waals surface area contributed by atoms with Gasteiger partial charge in [0.25, 0.3) is 0 Å². The molecule has 0 radical (unpaired) electrons. The highest BCUT2D eigenvalue weighted by Crippen LogP contribution is 2.30. The van der Waals surface area contributed by atoms with Crippen LogP contribution in [0.2, 0.25) is 0 Å². The van der Waals surface area contributed by atoms with Gasteiger partial charge in [0.1, 0.15) is 11.8 Å². The number of benzene rings is 2. The number of nitrogens with zero attached hydrogens (tertiary/aromatic N) is 1. The molecule has 1 saturated heterocycles. The normalized spacial score (nSPS) is 14.7. The Morgan fingerprint density at radius 2 is 1.67 bits per heavy atom. The van der Waals surface area contributed by atoms with Crippen molar-refractivity contribution in [1.82, 2.24) is 20.5 Å². The SMILES string of the molecule is CC(=O)CCCCC[C@H](NC(=O)CN1CCCCC1)C(=O)NCCc1c(-c2ccccc2)[nH]c2ccccc12. The lowest BCUT2D eigenvalue weighted by atomic mass is 10.0. The third kappa shape index (κ3) is 8.52. The number of nitrogens with one attached hydrogen (secondary N) is 3. The van der Waals surface area contributed by atoms with Crippen molar-refractivity contribution in [3.8, 4) is 11.3 Å². The summed E-state index contributed by atoms with van der Waals surface area (Å²) in [5, 5.41) is 7.26. The van der Waals surface area contributed by atoms with Crippen LogP contribution < -0.4 is 10.6 Å². The minimum Gasteiger partial charge on any atom is -0.354 e. The van der Waals surface area contributed by atoms with E-state index in [2.05, 4.69) is 44.8 Å². The lowest BCUT2D eigenvalue weighted by Crippen LogP contribution is -2.50. The van der Waals surface area contributed by atoms with Crippen molar-refractivity contribution in [1.29, 1.82) is 0 Å².